The minimum absolute atomic E-state index is 0.323. The number of methoxy groups -OCH3 is 3. The predicted molar refractivity (Wildman–Crippen MR) is 107 cm³/mol. The van der Waals surface area contributed by atoms with Gasteiger partial charge in [-0.3, -0.25) is 9.69 Å². The average molecular weight is 406 g/mol. The van der Waals surface area contributed by atoms with Gasteiger partial charge >= 0.3 is 5.97 Å². The molecule has 1 heterocycles. The molecule has 0 bridgehead atoms. The second kappa shape index (κ2) is 8.71. The molecule has 0 aliphatic carbocycles. The lowest BCUT2D eigenvalue weighted by Crippen LogP contribution is -2.39. The zero-order valence-electron chi connectivity index (χ0n) is 16.1. The Hall–Kier alpha value is -2.44. The Morgan fingerprint density at radius 2 is 1.75 bits per heavy atom. The van der Waals surface area contributed by atoms with Gasteiger partial charge in [0.2, 0.25) is 5.75 Å². The zero-order valence-corrected chi connectivity index (χ0v) is 16.9. The summed E-state index contributed by atoms with van der Waals surface area (Å²) >= 11 is 6.08. The fourth-order valence-corrected chi connectivity index (χ4v) is 4.02. The number of carbonyl (C=O) groups is 1. The third-order valence-electron chi connectivity index (χ3n) is 5.13. The molecule has 0 spiro atoms. The van der Waals surface area contributed by atoms with Crippen LogP contribution in [0.2, 0.25) is 5.02 Å². The van der Waals surface area contributed by atoms with E-state index in [1.807, 2.05) is 41.3 Å². The maximum Gasteiger partial charge on any atom is 0.320 e. The normalized spacial score (nSPS) is 17.9. The zero-order chi connectivity index (χ0) is 20.3. The molecule has 7 heteroatoms. The number of aliphatic carboxylic acids is 1. The van der Waals surface area contributed by atoms with Gasteiger partial charge in [0, 0.05) is 17.1 Å². The van der Waals surface area contributed by atoms with Gasteiger partial charge in [-0.15, -0.1) is 0 Å². The van der Waals surface area contributed by atoms with Gasteiger partial charge in [0.05, 0.1) is 27.4 Å². The van der Waals surface area contributed by atoms with E-state index in [9.17, 15) is 9.90 Å². The van der Waals surface area contributed by atoms with Crippen LogP contribution in [0, 0.1) is 0 Å². The first-order valence-corrected chi connectivity index (χ1v) is 9.42. The quantitative estimate of drug-likeness (QED) is 0.750. The molecule has 0 amide bonds. The Labute approximate surface area is 169 Å². The Kier molecular flexibility index (Phi) is 6.31. The third-order valence-corrected chi connectivity index (χ3v) is 5.38. The number of rotatable bonds is 7. The monoisotopic (exact) mass is 405 g/mol. The summed E-state index contributed by atoms with van der Waals surface area (Å²) in [5.74, 6) is 0.732. The topological polar surface area (TPSA) is 68.2 Å². The molecule has 28 heavy (non-hydrogen) atoms. The van der Waals surface area contributed by atoms with E-state index in [4.69, 9.17) is 25.8 Å². The van der Waals surface area contributed by atoms with E-state index in [1.54, 1.807) is 21.3 Å². The van der Waals surface area contributed by atoms with Crippen molar-refractivity contribution < 1.29 is 24.1 Å². The summed E-state index contributed by atoms with van der Waals surface area (Å²) in [5.41, 5.74) is 1.75. The highest BCUT2D eigenvalue weighted by Gasteiger charge is 2.38. The van der Waals surface area contributed by atoms with E-state index in [0.29, 0.717) is 35.2 Å². The highest BCUT2D eigenvalue weighted by molar-refractivity contribution is 6.30. The lowest BCUT2D eigenvalue weighted by atomic mass is 9.94. The van der Waals surface area contributed by atoms with Crippen LogP contribution in [0.15, 0.2) is 36.4 Å². The Balaban J connectivity index is 2.20. The first-order valence-electron chi connectivity index (χ1n) is 9.04. The number of carboxylic acids is 1. The number of nitrogens with zero attached hydrogens (tertiary/aromatic N) is 1. The van der Waals surface area contributed by atoms with Crippen LogP contribution in [0.1, 0.15) is 30.0 Å². The minimum Gasteiger partial charge on any atom is -0.493 e. The van der Waals surface area contributed by atoms with Gasteiger partial charge in [-0.05, 0) is 42.7 Å². The van der Waals surface area contributed by atoms with Gasteiger partial charge in [0.15, 0.2) is 11.5 Å². The summed E-state index contributed by atoms with van der Waals surface area (Å²) in [6.45, 7) is 0.668. The number of ether oxygens (including phenoxy) is 3. The number of hydrogen-bond acceptors (Lipinski definition) is 5. The molecule has 0 radical (unpaired) electrons. The molecule has 0 saturated carbocycles. The molecule has 2 aromatic carbocycles. The Bertz CT molecular complexity index is 839. The van der Waals surface area contributed by atoms with E-state index in [0.717, 1.165) is 17.5 Å². The molecule has 0 aromatic heterocycles. The Morgan fingerprint density at radius 1 is 1.07 bits per heavy atom. The molecule has 1 saturated heterocycles. The second-order valence-corrected chi connectivity index (χ2v) is 7.05. The van der Waals surface area contributed by atoms with Crippen molar-refractivity contribution >= 4 is 17.6 Å². The van der Waals surface area contributed by atoms with Crippen LogP contribution in [0.4, 0.5) is 0 Å². The summed E-state index contributed by atoms with van der Waals surface area (Å²) in [5, 5.41) is 10.4. The van der Waals surface area contributed by atoms with Crippen LogP contribution in [-0.2, 0) is 4.79 Å². The van der Waals surface area contributed by atoms with Crippen LogP contribution in [0.3, 0.4) is 0 Å². The predicted octanol–water partition coefficient (Wildman–Crippen LogP) is 4.00. The number of likely N-dealkylation sites (tertiary alicyclic amines) is 1. The molecule has 1 aliphatic heterocycles. The van der Waals surface area contributed by atoms with Gasteiger partial charge in [0.1, 0.15) is 6.04 Å². The van der Waals surface area contributed by atoms with Gasteiger partial charge < -0.3 is 19.3 Å². The standard InChI is InChI=1S/C21H24ClNO5/c1-26-17-11-10-15(19(27-2)20(17)28-3)18(13-6-8-14(22)9-7-13)23-12-4-5-16(23)21(24)25/h6-11,16,18H,4-5,12H2,1-3H3,(H,24,25). The molecular formula is C21H24ClNO5. The van der Waals surface area contributed by atoms with E-state index in [2.05, 4.69) is 0 Å². The molecule has 1 N–H and O–H groups in total. The average Bonchev–Trinajstić information content (AvgIpc) is 3.18. The van der Waals surface area contributed by atoms with Crippen LogP contribution >= 0.6 is 11.6 Å². The molecule has 1 aliphatic rings. The summed E-state index contributed by atoms with van der Waals surface area (Å²) < 4.78 is 16.6. The van der Waals surface area contributed by atoms with Crippen molar-refractivity contribution in [2.75, 3.05) is 27.9 Å². The fraction of sp³-hybridized carbons (Fsp3) is 0.381. The largest absolute Gasteiger partial charge is 0.493 e. The van der Waals surface area contributed by atoms with Crippen molar-refractivity contribution in [2.45, 2.75) is 24.9 Å². The summed E-state index contributed by atoms with van der Waals surface area (Å²) in [4.78, 5) is 13.9. The Morgan fingerprint density at radius 3 is 2.32 bits per heavy atom. The molecule has 150 valence electrons. The maximum atomic E-state index is 11.9. The minimum atomic E-state index is -0.823. The van der Waals surface area contributed by atoms with Crippen molar-refractivity contribution in [3.05, 3.63) is 52.5 Å². The lowest BCUT2D eigenvalue weighted by molar-refractivity contribution is -0.142. The van der Waals surface area contributed by atoms with Crippen molar-refractivity contribution in [1.82, 2.24) is 4.90 Å². The smallest absolute Gasteiger partial charge is 0.320 e. The summed E-state index contributed by atoms with van der Waals surface area (Å²) in [6.07, 6.45) is 1.42. The van der Waals surface area contributed by atoms with Crippen molar-refractivity contribution in [3.8, 4) is 17.2 Å². The molecular weight excluding hydrogens is 382 g/mol. The third kappa shape index (κ3) is 3.75. The fourth-order valence-electron chi connectivity index (χ4n) is 3.90. The van der Waals surface area contributed by atoms with Crippen LogP contribution in [-0.4, -0.2) is 49.9 Å². The highest BCUT2D eigenvalue weighted by atomic mass is 35.5. The highest BCUT2D eigenvalue weighted by Crippen LogP contribution is 2.46. The number of halogens is 1. The number of benzene rings is 2. The van der Waals surface area contributed by atoms with Crippen LogP contribution < -0.4 is 14.2 Å². The molecule has 2 unspecified atom stereocenters. The van der Waals surface area contributed by atoms with Crippen molar-refractivity contribution in [3.63, 3.8) is 0 Å². The first kappa shape index (κ1) is 20.3. The summed E-state index contributed by atoms with van der Waals surface area (Å²) in [7, 11) is 4.68. The van der Waals surface area contributed by atoms with E-state index < -0.39 is 12.0 Å². The van der Waals surface area contributed by atoms with Crippen molar-refractivity contribution in [1.29, 1.82) is 0 Å². The van der Waals surface area contributed by atoms with Crippen LogP contribution in [0.5, 0.6) is 17.2 Å². The van der Waals surface area contributed by atoms with E-state index >= 15 is 0 Å². The molecule has 2 atom stereocenters. The maximum absolute atomic E-state index is 11.9. The molecule has 6 nitrogen and oxygen atoms in total. The number of hydrogen-bond donors (Lipinski definition) is 1. The van der Waals surface area contributed by atoms with Gasteiger partial charge in [-0.2, -0.15) is 0 Å². The second-order valence-electron chi connectivity index (χ2n) is 6.61. The molecule has 3 rings (SSSR count). The van der Waals surface area contributed by atoms with E-state index in [-0.39, 0.29) is 6.04 Å². The van der Waals surface area contributed by atoms with Crippen molar-refractivity contribution in [2.24, 2.45) is 0 Å². The lowest BCUT2D eigenvalue weighted by Gasteiger charge is -2.33. The molecule has 2 aromatic rings. The first-order chi connectivity index (χ1) is 13.5. The van der Waals surface area contributed by atoms with E-state index in [1.165, 1.54) is 0 Å². The molecule has 1 fully saturated rings. The summed E-state index contributed by atoms with van der Waals surface area (Å²) in [6, 6.07) is 10.3. The van der Waals surface area contributed by atoms with Gasteiger partial charge in [-0.25, -0.2) is 0 Å². The SMILES string of the molecule is COc1ccc(C(c2ccc(Cl)cc2)N2CCCC2C(=O)O)c(OC)c1OC. The number of carboxylic acid groups (broad SMARTS) is 1. The van der Waals surface area contributed by atoms with Crippen LogP contribution in [0.25, 0.3) is 0 Å². The van der Waals surface area contributed by atoms with Gasteiger partial charge in [0.25, 0.3) is 0 Å². The van der Waals surface area contributed by atoms with Gasteiger partial charge in [-0.1, -0.05) is 23.7 Å².